The zero-order valence-electron chi connectivity index (χ0n) is 11.9. The van der Waals surface area contributed by atoms with E-state index in [2.05, 4.69) is 24.4 Å². The first-order valence-corrected chi connectivity index (χ1v) is 6.87. The zero-order valence-corrected chi connectivity index (χ0v) is 11.9. The van der Waals surface area contributed by atoms with Gasteiger partial charge < -0.3 is 10.1 Å². The van der Waals surface area contributed by atoms with Gasteiger partial charge in [0.25, 0.3) is 0 Å². The van der Waals surface area contributed by atoms with Gasteiger partial charge in [0, 0.05) is 6.54 Å². The molecule has 0 saturated carbocycles. The fourth-order valence-corrected chi connectivity index (χ4v) is 1.92. The monoisotopic (exact) mass is 273 g/mol. The van der Waals surface area contributed by atoms with Crippen molar-refractivity contribution in [2.45, 2.75) is 27.0 Å². The van der Waals surface area contributed by atoms with Gasteiger partial charge in [0.15, 0.2) is 11.6 Å². The summed E-state index contributed by atoms with van der Waals surface area (Å²) in [5.41, 5.74) is 2.87. The third-order valence-corrected chi connectivity index (χ3v) is 3.15. The Bertz CT molecular complexity index is 551. The number of hydrogen-bond donors (Lipinski definition) is 1. The predicted molar refractivity (Wildman–Crippen MR) is 79.3 cm³/mol. The molecular weight excluding hydrogens is 253 g/mol. The molecule has 0 radical (unpaired) electrons. The minimum Gasteiger partial charge on any atom is -0.486 e. The topological polar surface area (TPSA) is 21.3 Å². The van der Waals surface area contributed by atoms with Crippen LogP contribution in [0.3, 0.4) is 0 Å². The fourth-order valence-electron chi connectivity index (χ4n) is 1.92. The summed E-state index contributed by atoms with van der Waals surface area (Å²) in [7, 11) is 0. The predicted octanol–water partition coefficient (Wildman–Crippen LogP) is 3.82. The van der Waals surface area contributed by atoms with E-state index in [4.69, 9.17) is 4.74 Å². The van der Waals surface area contributed by atoms with Crippen LogP contribution in [0, 0.1) is 12.7 Å². The Hall–Kier alpha value is -1.87. The number of halogens is 1. The van der Waals surface area contributed by atoms with Crippen LogP contribution in [-0.4, -0.2) is 6.54 Å². The molecule has 0 saturated heterocycles. The molecule has 3 heteroatoms. The highest BCUT2D eigenvalue weighted by molar-refractivity contribution is 5.30. The van der Waals surface area contributed by atoms with Crippen molar-refractivity contribution in [2.75, 3.05) is 6.54 Å². The van der Waals surface area contributed by atoms with Gasteiger partial charge in [-0.3, -0.25) is 0 Å². The van der Waals surface area contributed by atoms with E-state index in [1.165, 1.54) is 5.56 Å². The van der Waals surface area contributed by atoms with E-state index >= 15 is 0 Å². The Morgan fingerprint density at radius 3 is 2.45 bits per heavy atom. The van der Waals surface area contributed by atoms with Crippen molar-refractivity contribution in [3.8, 4) is 5.75 Å². The van der Waals surface area contributed by atoms with Gasteiger partial charge in [-0.05, 0) is 36.2 Å². The van der Waals surface area contributed by atoms with Gasteiger partial charge in [0.05, 0.1) is 0 Å². The lowest BCUT2D eigenvalue weighted by atomic mass is 10.1. The molecule has 0 spiro atoms. The normalized spacial score (nSPS) is 10.6. The fraction of sp³-hybridized carbons (Fsp3) is 0.294. The summed E-state index contributed by atoms with van der Waals surface area (Å²) in [5, 5.41) is 3.27. The molecule has 0 atom stereocenters. The molecule has 0 aromatic heterocycles. The molecule has 20 heavy (non-hydrogen) atoms. The Morgan fingerprint density at radius 1 is 1.05 bits per heavy atom. The molecule has 0 fully saturated rings. The van der Waals surface area contributed by atoms with Crippen molar-refractivity contribution in [1.82, 2.24) is 5.32 Å². The number of aryl methyl sites for hydroxylation is 1. The first-order valence-electron chi connectivity index (χ1n) is 6.87. The van der Waals surface area contributed by atoms with Crippen LogP contribution in [0.15, 0.2) is 42.5 Å². The molecule has 0 unspecified atom stereocenters. The van der Waals surface area contributed by atoms with E-state index in [1.54, 1.807) is 25.1 Å². The van der Waals surface area contributed by atoms with Gasteiger partial charge in [-0.1, -0.05) is 43.3 Å². The van der Waals surface area contributed by atoms with Crippen molar-refractivity contribution in [1.29, 1.82) is 0 Å². The smallest absolute Gasteiger partial charge is 0.167 e. The van der Waals surface area contributed by atoms with Gasteiger partial charge in [-0.2, -0.15) is 0 Å². The molecule has 0 amide bonds. The lowest BCUT2D eigenvalue weighted by Crippen LogP contribution is -2.11. The number of nitrogens with one attached hydrogen (secondary N) is 1. The molecule has 1 N–H and O–H groups in total. The van der Waals surface area contributed by atoms with E-state index in [1.807, 2.05) is 12.1 Å². The van der Waals surface area contributed by atoms with Crippen molar-refractivity contribution in [2.24, 2.45) is 0 Å². The minimum absolute atomic E-state index is 0.281. The van der Waals surface area contributed by atoms with Gasteiger partial charge in [-0.15, -0.1) is 0 Å². The quantitative estimate of drug-likeness (QED) is 0.864. The SMILES string of the molecule is CCNCc1ccc(COc2cccc(C)c2F)cc1. The van der Waals surface area contributed by atoms with E-state index < -0.39 is 0 Å². The summed E-state index contributed by atoms with van der Waals surface area (Å²) >= 11 is 0. The maximum absolute atomic E-state index is 13.8. The second-order valence-electron chi connectivity index (χ2n) is 4.77. The van der Waals surface area contributed by atoms with Crippen LogP contribution in [0.5, 0.6) is 5.75 Å². The number of ether oxygens (including phenoxy) is 1. The molecule has 0 aliphatic rings. The summed E-state index contributed by atoms with van der Waals surface area (Å²) in [4.78, 5) is 0. The molecule has 0 heterocycles. The molecule has 2 aromatic carbocycles. The molecule has 2 nitrogen and oxygen atoms in total. The lowest BCUT2D eigenvalue weighted by Gasteiger charge is -2.09. The average Bonchev–Trinajstić information content (AvgIpc) is 2.48. The maximum Gasteiger partial charge on any atom is 0.167 e. The summed E-state index contributed by atoms with van der Waals surface area (Å²) < 4.78 is 19.3. The number of hydrogen-bond acceptors (Lipinski definition) is 2. The molecule has 2 rings (SSSR count). The van der Waals surface area contributed by atoms with Gasteiger partial charge in [0.2, 0.25) is 0 Å². The van der Waals surface area contributed by atoms with Crippen molar-refractivity contribution in [3.63, 3.8) is 0 Å². The second-order valence-corrected chi connectivity index (χ2v) is 4.77. The lowest BCUT2D eigenvalue weighted by molar-refractivity contribution is 0.289. The maximum atomic E-state index is 13.8. The summed E-state index contributed by atoms with van der Waals surface area (Å²) in [6.45, 7) is 6.01. The standard InChI is InChI=1S/C17H20FNO/c1-3-19-11-14-7-9-15(10-8-14)12-20-16-6-4-5-13(2)17(16)18/h4-10,19H,3,11-12H2,1-2H3. The zero-order chi connectivity index (χ0) is 14.4. The Labute approximate surface area is 119 Å². The average molecular weight is 273 g/mol. The van der Waals surface area contributed by atoms with Gasteiger partial charge in [0.1, 0.15) is 6.61 Å². The van der Waals surface area contributed by atoms with Crippen LogP contribution >= 0.6 is 0 Å². The van der Waals surface area contributed by atoms with E-state index in [9.17, 15) is 4.39 Å². The first kappa shape index (κ1) is 14.5. The summed E-state index contributed by atoms with van der Waals surface area (Å²) in [6, 6.07) is 13.3. The second kappa shape index (κ2) is 7.06. The van der Waals surface area contributed by atoms with Crippen LogP contribution in [0.4, 0.5) is 4.39 Å². The van der Waals surface area contributed by atoms with Gasteiger partial charge >= 0.3 is 0 Å². The molecule has 0 aliphatic heterocycles. The van der Waals surface area contributed by atoms with Crippen molar-refractivity contribution < 1.29 is 9.13 Å². The largest absolute Gasteiger partial charge is 0.486 e. The van der Waals surface area contributed by atoms with Crippen molar-refractivity contribution in [3.05, 3.63) is 65.0 Å². The van der Waals surface area contributed by atoms with Crippen LogP contribution in [0.2, 0.25) is 0 Å². The van der Waals surface area contributed by atoms with Crippen molar-refractivity contribution >= 4 is 0 Å². The third kappa shape index (κ3) is 3.81. The van der Waals surface area contributed by atoms with E-state index in [0.717, 1.165) is 18.7 Å². The van der Waals surface area contributed by atoms with Crippen LogP contribution in [-0.2, 0) is 13.2 Å². The number of benzene rings is 2. The molecule has 0 bridgehead atoms. The van der Waals surface area contributed by atoms with Gasteiger partial charge in [-0.25, -0.2) is 4.39 Å². The molecule has 2 aromatic rings. The first-order chi connectivity index (χ1) is 9.70. The Balaban J connectivity index is 1.95. The summed E-state index contributed by atoms with van der Waals surface area (Å²) in [5.74, 6) is 0.0259. The highest BCUT2D eigenvalue weighted by atomic mass is 19.1. The van der Waals surface area contributed by atoms with E-state index in [0.29, 0.717) is 17.9 Å². The molecule has 106 valence electrons. The third-order valence-electron chi connectivity index (χ3n) is 3.15. The summed E-state index contributed by atoms with van der Waals surface area (Å²) in [6.07, 6.45) is 0. The molecule has 0 aliphatic carbocycles. The van der Waals surface area contributed by atoms with Crippen LogP contribution in [0.25, 0.3) is 0 Å². The van der Waals surface area contributed by atoms with Crippen LogP contribution in [0.1, 0.15) is 23.6 Å². The molecular formula is C17H20FNO. The van der Waals surface area contributed by atoms with Crippen LogP contribution < -0.4 is 10.1 Å². The Morgan fingerprint density at radius 2 is 1.75 bits per heavy atom. The minimum atomic E-state index is -0.281. The number of rotatable bonds is 6. The highest BCUT2D eigenvalue weighted by Gasteiger charge is 2.05. The van der Waals surface area contributed by atoms with E-state index in [-0.39, 0.29) is 5.82 Å². The highest BCUT2D eigenvalue weighted by Crippen LogP contribution is 2.20. The Kier molecular flexibility index (Phi) is 5.13.